The van der Waals surface area contributed by atoms with Gasteiger partial charge in [0.2, 0.25) is 17.7 Å². The van der Waals surface area contributed by atoms with E-state index < -0.39 is 23.8 Å². The molecule has 3 aliphatic rings. The molecule has 3 aliphatic heterocycles. The fourth-order valence-electron chi connectivity index (χ4n) is 5.45. The predicted molar refractivity (Wildman–Crippen MR) is 139 cm³/mol. The maximum atomic E-state index is 14.7. The molecule has 1 aromatic rings. The number of nitrogens with one attached hydrogen (secondary N) is 2. The van der Waals surface area contributed by atoms with E-state index in [-0.39, 0.29) is 48.2 Å². The van der Waals surface area contributed by atoms with Crippen LogP contribution >= 0.6 is 0 Å². The predicted octanol–water partition coefficient (Wildman–Crippen LogP) is 1.89. The fourth-order valence-corrected chi connectivity index (χ4v) is 5.45. The van der Waals surface area contributed by atoms with Crippen LogP contribution in [0.3, 0.4) is 0 Å². The summed E-state index contributed by atoms with van der Waals surface area (Å²) >= 11 is 0. The minimum absolute atomic E-state index is 0.0336. The Morgan fingerprint density at radius 1 is 1.11 bits per heavy atom. The Morgan fingerprint density at radius 2 is 1.87 bits per heavy atom. The third-order valence-corrected chi connectivity index (χ3v) is 7.81. The molecule has 3 heterocycles. The molecule has 208 valence electrons. The Hall–Kier alpha value is -3.01. The molecule has 0 spiro atoms. The van der Waals surface area contributed by atoms with E-state index in [1.165, 1.54) is 11.0 Å². The maximum absolute atomic E-state index is 14.7. The molecule has 0 unspecified atom stereocenters. The van der Waals surface area contributed by atoms with Crippen molar-refractivity contribution in [1.82, 2.24) is 20.4 Å². The van der Waals surface area contributed by atoms with Crippen molar-refractivity contribution in [3.05, 3.63) is 35.1 Å². The normalized spacial score (nSPS) is 24.6. The zero-order valence-electron chi connectivity index (χ0n) is 22.3. The van der Waals surface area contributed by atoms with Crippen LogP contribution in [0.5, 0.6) is 0 Å². The van der Waals surface area contributed by atoms with Crippen LogP contribution < -0.4 is 10.6 Å². The third kappa shape index (κ3) is 6.70. The molecule has 2 N–H and O–H groups in total. The molecular weight excluding hydrogens is 491 g/mol. The van der Waals surface area contributed by atoms with Crippen LogP contribution in [-0.4, -0.2) is 84.9 Å². The van der Waals surface area contributed by atoms with Crippen molar-refractivity contribution in [3.63, 3.8) is 0 Å². The van der Waals surface area contributed by atoms with E-state index in [1.54, 1.807) is 17.0 Å². The number of ether oxygens (including phenoxy) is 1. The summed E-state index contributed by atoms with van der Waals surface area (Å²) in [7, 11) is 0. The average molecular weight is 531 g/mol. The number of carbonyl (C=O) groups excluding carboxylic acids is 4. The topological polar surface area (TPSA) is 108 Å². The number of fused-ring (bicyclic) bond motifs is 3. The number of benzene rings is 1. The van der Waals surface area contributed by atoms with Gasteiger partial charge in [0.15, 0.2) is 0 Å². The second-order valence-electron chi connectivity index (χ2n) is 10.9. The summed E-state index contributed by atoms with van der Waals surface area (Å²) in [6.45, 7) is 5.76. The molecular formula is C28H39FN4O5. The van der Waals surface area contributed by atoms with Crippen LogP contribution in [0.15, 0.2) is 18.2 Å². The average Bonchev–Trinajstić information content (AvgIpc) is 3.40. The van der Waals surface area contributed by atoms with Crippen LogP contribution in [0.25, 0.3) is 0 Å². The summed E-state index contributed by atoms with van der Waals surface area (Å²) in [6, 6.07) is 3.33. The summed E-state index contributed by atoms with van der Waals surface area (Å²) in [4.78, 5) is 56.2. The highest BCUT2D eigenvalue weighted by Crippen LogP contribution is 2.24. The summed E-state index contributed by atoms with van der Waals surface area (Å²) in [6.07, 6.45) is 3.47. The summed E-state index contributed by atoms with van der Waals surface area (Å²) < 4.78 is 20.1. The fraction of sp³-hybridized carbons (Fsp3) is 0.643. The number of carbonyl (C=O) groups is 4. The van der Waals surface area contributed by atoms with E-state index >= 15 is 0 Å². The summed E-state index contributed by atoms with van der Waals surface area (Å²) in [5, 5.41) is 5.93. The van der Waals surface area contributed by atoms with Crippen molar-refractivity contribution in [1.29, 1.82) is 0 Å². The van der Waals surface area contributed by atoms with Crippen molar-refractivity contribution in [3.8, 4) is 0 Å². The van der Waals surface area contributed by atoms with Gasteiger partial charge in [-0.1, -0.05) is 19.9 Å². The molecule has 0 aromatic heterocycles. The molecule has 38 heavy (non-hydrogen) atoms. The maximum Gasteiger partial charge on any atom is 0.257 e. The minimum Gasteiger partial charge on any atom is -0.381 e. The molecule has 0 radical (unpaired) electrons. The van der Waals surface area contributed by atoms with Crippen LogP contribution in [0.2, 0.25) is 0 Å². The van der Waals surface area contributed by atoms with Gasteiger partial charge in [0.05, 0.1) is 12.1 Å². The lowest BCUT2D eigenvalue weighted by atomic mass is 9.97. The summed E-state index contributed by atoms with van der Waals surface area (Å²) in [5.74, 6) is -2.05. The van der Waals surface area contributed by atoms with Crippen LogP contribution in [0.4, 0.5) is 4.39 Å². The number of hydrogen-bond acceptors (Lipinski definition) is 5. The number of hydrogen-bond donors (Lipinski definition) is 2. The van der Waals surface area contributed by atoms with Gasteiger partial charge in [0.1, 0.15) is 11.9 Å². The van der Waals surface area contributed by atoms with E-state index in [1.807, 2.05) is 13.8 Å². The van der Waals surface area contributed by atoms with Gasteiger partial charge in [-0.2, -0.15) is 0 Å². The Labute approximate surface area is 223 Å². The number of aryl methyl sites for hydroxylation is 1. The number of halogens is 1. The van der Waals surface area contributed by atoms with Crippen molar-refractivity contribution >= 4 is 23.6 Å². The molecule has 0 saturated carbocycles. The van der Waals surface area contributed by atoms with Crippen LogP contribution in [0.1, 0.15) is 61.9 Å². The largest absolute Gasteiger partial charge is 0.381 e. The van der Waals surface area contributed by atoms with Gasteiger partial charge >= 0.3 is 0 Å². The van der Waals surface area contributed by atoms with Gasteiger partial charge in [0.25, 0.3) is 5.91 Å². The molecule has 10 heteroatoms. The summed E-state index contributed by atoms with van der Waals surface area (Å²) in [5.41, 5.74) is 0.744. The first kappa shape index (κ1) is 28.0. The van der Waals surface area contributed by atoms with Gasteiger partial charge in [0, 0.05) is 44.8 Å². The Morgan fingerprint density at radius 3 is 2.61 bits per heavy atom. The van der Waals surface area contributed by atoms with E-state index in [4.69, 9.17) is 4.74 Å². The minimum atomic E-state index is -0.717. The molecule has 0 aliphatic carbocycles. The molecule has 2 fully saturated rings. The highest BCUT2D eigenvalue weighted by atomic mass is 19.1. The van der Waals surface area contributed by atoms with Crippen molar-refractivity contribution in [2.75, 3.05) is 39.4 Å². The molecule has 1 aromatic carbocycles. The van der Waals surface area contributed by atoms with E-state index in [0.717, 1.165) is 5.56 Å². The lowest BCUT2D eigenvalue weighted by molar-refractivity contribution is -0.142. The highest BCUT2D eigenvalue weighted by Gasteiger charge is 2.37. The van der Waals surface area contributed by atoms with Crippen molar-refractivity contribution in [2.24, 2.45) is 11.8 Å². The Kier molecular flexibility index (Phi) is 9.35. The molecule has 2 atom stereocenters. The third-order valence-electron chi connectivity index (χ3n) is 7.81. The van der Waals surface area contributed by atoms with E-state index in [0.29, 0.717) is 64.8 Å². The zero-order valence-corrected chi connectivity index (χ0v) is 22.3. The Balaban J connectivity index is 1.61. The number of amides is 4. The van der Waals surface area contributed by atoms with Gasteiger partial charge in [-0.05, 0) is 62.1 Å². The lowest BCUT2D eigenvalue weighted by Gasteiger charge is -2.34. The highest BCUT2D eigenvalue weighted by molar-refractivity contribution is 5.98. The molecule has 2 saturated heterocycles. The first-order chi connectivity index (χ1) is 18.2. The van der Waals surface area contributed by atoms with Gasteiger partial charge in [-0.25, -0.2) is 4.39 Å². The molecule has 2 bridgehead atoms. The number of nitrogens with zero attached hydrogens (tertiary/aromatic N) is 2. The van der Waals surface area contributed by atoms with Crippen molar-refractivity contribution in [2.45, 2.75) is 64.5 Å². The standard InChI is InChI=1S/C28H39FN4O5/c1-18(2)23-16-32(27(36)20-9-13-38-14-10-20)17-25(34)30-11-3-5-19-7-8-22(29)21(15-19)28(37)33-12-4-6-24(33)26(35)31-23/h7-8,15,18,20,23-24H,3-6,9-14,16-17H2,1-2H3,(H,30,34)(H,31,35)/t23-,24-/m0/s1. The monoisotopic (exact) mass is 530 g/mol. The molecule has 9 nitrogen and oxygen atoms in total. The smallest absolute Gasteiger partial charge is 0.257 e. The van der Waals surface area contributed by atoms with E-state index in [2.05, 4.69) is 10.6 Å². The van der Waals surface area contributed by atoms with Crippen LogP contribution in [0, 0.1) is 17.7 Å². The zero-order chi connectivity index (χ0) is 27.2. The first-order valence-corrected chi connectivity index (χ1v) is 13.8. The number of rotatable bonds is 2. The SMILES string of the molecule is CC(C)[C@@H]1CN(C(=O)C2CCOCC2)CC(=O)NCCCc2ccc(F)c(c2)C(=O)N2CCC[C@H]2C(=O)N1. The first-order valence-electron chi connectivity index (χ1n) is 13.8. The lowest BCUT2D eigenvalue weighted by Crippen LogP contribution is -2.55. The van der Waals surface area contributed by atoms with Gasteiger partial charge in [-0.15, -0.1) is 0 Å². The Bertz CT molecular complexity index is 1040. The second-order valence-corrected chi connectivity index (χ2v) is 10.9. The van der Waals surface area contributed by atoms with Crippen molar-refractivity contribution < 1.29 is 28.3 Å². The molecule has 4 rings (SSSR count). The van der Waals surface area contributed by atoms with E-state index in [9.17, 15) is 23.6 Å². The second kappa shape index (κ2) is 12.7. The van der Waals surface area contributed by atoms with Gasteiger partial charge in [-0.3, -0.25) is 19.2 Å². The molecule has 4 amide bonds. The van der Waals surface area contributed by atoms with Crippen LogP contribution in [-0.2, 0) is 25.5 Å². The van der Waals surface area contributed by atoms with Gasteiger partial charge < -0.3 is 25.2 Å². The quantitative estimate of drug-likeness (QED) is 0.607.